The van der Waals surface area contributed by atoms with Gasteiger partial charge < -0.3 is 14.7 Å². The molecule has 1 N–H and O–H groups in total. The van der Waals surface area contributed by atoms with Crippen LogP contribution in [0.3, 0.4) is 0 Å². The molecule has 27 heavy (non-hydrogen) atoms. The first-order valence-corrected chi connectivity index (χ1v) is 10.3. The van der Waals surface area contributed by atoms with Crippen LogP contribution in [0.1, 0.15) is 30.2 Å². The molecule has 0 radical (unpaired) electrons. The van der Waals surface area contributed by atoms with Crippen molar-refractivity contribution >= 4 is 52.9 Å². The van der Waals surface area contributed by atoms with Crippen molar-refractivity contribution in [1.82, 2.24) is 20.3 Å². The van der Waals surface area contributed by atoms with Gasteiger partial charge in [-0.25, -0.2) is 4.99 Å². The molecule has 0 aromatic carbocycles. The lowest BCUT2D eigenvalue weighted by molar-refractivity contribution is 0.173. The van der Waals surface area contributed by atoms with E-state index in [9.17, 15) is 0 Å². The van der Waals surface area contributed by atoms with E-state index in [1.165, 1.54) is 4.88 Å². The summed E-state index contributed by atoms with van der Waals surface area (Å²) in [5.74, 6) is 1.76. The summed E-state index contributed by atoms with van der Waals surface area (Å²) in [7, 11) is 0. The van der Waals surface area contributed by atoms with E-state index in [4.69, 9.17) is 21.1 Å². The molecule has 0 amide bonds. The average Bonchev–Trinajstić information content (AvgIpc) is 3.28. The van der Waals surface area contributed by atoms with Gasteiger partial charge in [-0.3, -0.25) is 4.90 Å². The summed E-state index contributed by atoms with van der Waals surface area (Å²) >= 11 is 7.69. The molecule has 3 heterocycles. The van der Waals surface area contributed by atoms with Crippen molar-refractivity contribution in [3.8, 4) is 0 Å². The van der Waals surface area contributed by atoms with Crippen LogP contribution < -0.4 is 5.32 Å². The fourth-order valence-electron chi connectivity index (χ4n) is 2.95. The third-order valence-corrected chi connectivity index (χ3v) is 5.59. The summed E-state index contributed by atoms with van der Waals surface area (Å²) in [5.41, 5.74) is 0.975. The van der Waals surface area contributed by atoms with E-state index in [1.54, 1.807) is 11.3 Å². The molecule has 0 aliphatic carbocycles. The Morgan fingerprint density at radius 3 is 2.67 bits per heavy atom. The van der Waals surface area contributed by atoms with Crippen molar-refractivity contribution in [1.29, 1.82) is 0 Å². The second kappa shape index (κ2) is 11.2. The molecular formula is C18H27ClIN5OS. The minimum absolute atomic E-state index is 0. The molecule has 2 aromatic rings. The zero-order chi connectivity index (χ0) is 18.4. The van der Waals surface area contributed by atoms with Crippen LogP contribution in [0.25, 0.3) is 0 Å². The minimum atomic E-state index is 0. The number of aryl methyl sites for hydroxylation is 1. The fraction of sp³-hybridized carbons (Fsp3) is 0.556. The topological polar surface area (TPSA) is 56.9 Å². The molecule has 1 aliphatic rings. The maximum atomic E-state index is 6.03. The number of aromatic nitrogens is 1. The van der Waals surface area contributed by atoms with Crippen molar-refractivity contribution in [3.63, 3.8) is 0 Å². The van der Waals surface area contributed by atoms with Gasteiger partial charge in [0.05, 0.1) is 10.0 Å². The van der Waals surface area contributed by atoms with Gasteiger partial charge in [0, 0.05) is 50.2 Å². The second-order valence-corrected chi connectivity index (χ2v) is 8.08. The Kier molecular flexibility index (Phi) is 9.34. The molecule has 0 saturated carbocycles. The van der Waals surface area contributed by atoms with Gasteiger partial charge in [0.1, 0.15) is 6.54 Å². The van der Waals surface area contributed by atoms with Crippen LogP contribution in [-0.2, 0) is 19.5 Å². The molecule has 1 fully saturated rings. The number of hydrogen-bond donors (Lipinski definition) is 1. The van der Waals surface area contributed by atoms with Crippen molar-refractivity contribution in [3.05, 3.63) is 38.9 Å². The molecule has 0 spiro atoms. The Bertz CT molecular complexity index is 727. The highest BCUT2D eigenvalue weighted by Crippen LogP contribution is 2.23. The van der Waals surface area contributed by atoms with Gasteiger partial charge in [-0.1, -0.05) is 23.7 Å². The maximum Gasteiger partial charge on any atom is 0.194 e. The number of rotatable bonds is 6. The highest BCUT2D eigenvalue weighted by molar-refractivity contribution is 14.0. The molecule has 150 valence electrons. The van der Waals surface area contributed by atoms with E-state index < -0.39 is 0 Å². The molecule has 0 unspecified atom stereocenters. The molecule has 0 bridgehead atoms. The van der Waals surface area contributed by atoms with Gasteiger partial charge in [0.15, 0.2) is 11.7 Å². The lowest BCUT2D eigenvalue weighted by Crippen LogP contribution is -2.52. The number of piperazine rings is 1. The average molecular weight is 524 g/mol. The molecule has 9 heteroatoms. The first-order chi connectivity index (χ1) is 12.7. The maximum absolute atomic E-state index is 6.03. The Labute approximate surface area is 187 Å². The largest absolute Gasteiger partial charge is 0.359 e. The van der Waals surface area contributed by atoms with E-state index in [2.05, 4.69) is 40.2 Å². The van der Waals surface area contributed by atoms with E-state index in [-0.39, 0.29) is 24.0 Å². The monoisotopic (exact) mass is 523 g/mol. The van der Waals surface area contributed by atoms with Gasteiger partial charge in [-0.15, -0.1) is 35.3 Å². The van der Waals surface area contributed by atoms with Crippen LogP contribution in [0.4, 0.5) is 0 Å². The van der Waals surface area contributed by atoms with Crippen molar-refractivity contribution < 1.29 is 4.52 Å². The van der Waals surface area contributed by atoms with E-state index in [0.29, 0.717) is 6.54 Å². The molecule has 3 rings (SSSR count). The first kappa shape index (κ1) is 22.4. The molecule has 1 saturated heterocycles. The lowest BCUT2D eigenvalue weighted by Gasteiger charge is -2.36. The molecule has 1 aliphatic heterocycles. The van der Waals surface area contributed by atoms with E-state index in [1.807, 2.05) is 12.1 Å². The molecular weight excluding hydrogens is 497 g/mol. The van der Waals surface area contributed by atoms with Crippen LogP contribution in [0, 0.1) is 0 Å². The Morgan fingerprint density at radius 2 is 2.07 bits per heavy atom. The predicted octanol–water partition coefficient (Wildman–Crippen LogP) is 3.85. The highest BCUT2D eigenvalue weighted by Gasteiger charge is 2.20. The summed E-state index contributed by atoms with van der Waals surface area (Å²) in [5, 5.41) is 7.42. The van der Waals surface area contributed by atoms with E-state index in [0.717, 1.165) is 67.4 Å². The molecule has 0 atom stereocenters. The highest BCUT2D eigenvalue weighted by atomic mass is 127. The van der Waals surface area contributed by atoms with Gasteiger partial charge in [0.25, 0.3) is 0 Å². The zero-order valence-corrected chi connectivity index (χ0v) is 19.7. The summed E-state index contributed by atoms with van der Waals surface area (Å²) in [4.78, 5) is 10.8. The summed E-state index contributed by atoms with van der Waals surface area (Å²) in [6.07, 6.45) is 0.880. The van der Waals surface area contributed by atoms with Gasteiger partial charge in [-0.2, -0.15) is 0 Å². The fourth-order valence-corrected chi connectivity index (χ4v) is 4.08. The van der Waals surface area contributed by atoms with Crippen LogP contribution in [0.15, 0.2) is 27.7 Å². The number of guanidine groups is 1. The number of nitrogens with zero attached hydrogens (tertiary/aromatic N) is 4. The standard InChI is InChI=1S/C18H26ClN5OS.HI/c1-3-14-11-15(25-22-14)12-21-18(20-4-2)24-9-7-23(8-10-24)13-16-5-6-17(19)26-16;/h5-6,11H,3-4,7-10,12-13H2,1-2H3,(H,20,21);1H. The Hall–Kier alpha value is -0.840. The second-order valence-electron chi connectivity index (χ2n) is 6.28. The van der Waals surface area contributed by atoms with Crippen molar-refractivity contribution in [2.75, 3.05) is 32.7 Å². The van der Waals surface area contributed by atoms with Crippen LogP contribution in [0.2, 0.25) is 4.34 Å². The summed E-state index contributed by atoms with van der Waals surface area (Å²) in [6.45, 7) is 10.4. The zero-order valence-electron chi connectivity index (χ0n) is 15.8. The predicted molar refractivity (Wildman–Crippen MR) is 122 cm³/mol. The number of aliphatic imine (C=N–C) groups is 1. The Morgan fingerprint density at radius 1 is 1.30 bits per heavy atom. The van der Waals surface area contributed by atoms with Crippen LogP contribution in [0.5, 0.6) is 0 Å². The summed E-state index contributed by atoms with van der Waals surface area (Å²) < 4.78 is 6.20. The number of nitrogens with one attached hydrogen (secondary N) is 1. The van der Waals surface area contributed by atoms with Gasteiger partial charge in [-0.05, 0) is 25.5 Å². The summed E-state index contributed by atoms with van der Waals surface area (Å²) in [6, 6.07) is 6.07. The van der Waals surface area contributed by atoms with Crippen LogP contribution >= 0.6 is 46.9 Å². The normalized spacial score (nSPS) is 15.7. The molecule has 6 nitrogen and oxygen atoms in total. The van der Waals surface area contributed by atoms with Crippen LogP contribution in [-0.4, -0.2) is 53.6 Å². The van der Waals surface area contributed by atoms with Crippen molar-refractivity contribution in [2.45, 2.75) is 33.4 Å². The first-order valence-electron chi connectivity index (χ1n) is 9.12. The number of thiophene rings is 1. The van der Waals surface area contributed by atoms with Crippen molar-refractivity contribution in [2.24, 2.45) is 4.99 Å². The number of hydrogen-bond acceptors (Lipinski definition) is 5. The van der Waals surface area contributed by atoms with E-state index >= 15 is 0 Å². The smallest absolute Gasteiger partial charge is 0.194 e. The lowest BCUT2D eigenvalue weighted by atomic mass is 10.3. The minimum Gasteiger partial charge on any atom is -0.359 e. The van der Waals surface area contributed by atoms with Gasteiger partial charge in [0.2, 0.25) is 0 Å². The molecule has 2 aromatic heterocycles. The number of halogens is 2. The van der Waals surface area contributed by atoms with Gasteiger partial charge >= 0.3 is 0 Å². The Balaban J connectivity index is 0.00000261. The third kappa shape index (κ3) is 6.62. The third-order valence-electron chi connectivity index (χ3n) is 4.37. The quantitative estimate of drug-likeness (QED) is 0.354. The SMILES string of the molecule is CCNC(=NCc1cc(CC)no1)N1CCN(Cc2ccc(Cl)s2)CC1.I.